The normalized spacial score (nSPS) is 38.4. The summed E-state index contributed by atoms with van der Waals surface area (Å²) >= 11 is 3.58. The van der Waals surface area contributed by atoms with E-state index in [1.54, 1.807) is 0 Å². The van der Waals surface area contributed by atoms with Crippen LogP contribution in [0.15, 0.2) is 0 Å². The van der Waals surface area contributed by atoms with E-state index in [4.69, 9.17) is 4.74 Å². The molecule has 1 nitrogen and oxygen atoms in total. The molecule has 0 aromatic heterocycles. The van der Waals surface area contributed by atoms with Crippen LogP contribution in [0.5, 0.6) is 0 Å². The zero-order valence-corrected chi connectivity index (χ0v) is 11.8. The number of hydrogen-bond donors (Lipinski definition) is 0. The molecule has 88 valence electrons. The SMILES string of the molecule is CC1(C)CCC2(CC1)CCC(C)(CBr)O2. The van der Waals surface area contributed by atoms with Crippen molar-refractivity contribution in [1.29, 1.82) is 0 Å². The molecular formula is C13H23BrO. The third kappa shape index (κ3) is 2.41. The van der Waals surface area contributed by atoms with Gasteiger partial charge in [-0.2, -0.15) is 0 Å². The number of hydrogen-bond acceptors (Lipinski definition) is 1. The summed E-state index contributed by atoms with van der Waals surface area (Å²) in [5, 5.41) is 0.977. The van der Waals surface area contributed by atoms with Gasteiger partial charge in [-0.25, -0.2) is 0 Å². The minimum absolute atomic E-state index is 0.0987. The fourth-order valence-corrected chi connectivity index (χ4v) is 3.34. The number of halogens is 1. The van der Waals surface area contributed by atoms with Crippen LogP contribution in [-0.2, 0) is 4.74 Å². The van der Waals surface area contributed by atoms with E-state index in [-0.39, 0.29) is 11.2 Å². The van der Waals surface area contributed by atoms with Crippen molar-refractivity contribution in [2.75, 3.05) is 5.33 Å². The van der Waals surface area contributed by atoms with Crippen LogP contribution in [0.3, 0.4) is 0 Å². The standard InChI is InChI=1S/C13H23BrO/c1-11(2)4-7-13(8-5-11)9-6-12(3,10-14)15-13/h4-10H2,1-3H3. The predicted molar refractivity (Wildman–Crippen MR) is 67.5 cm³/mol. The minimum Gasteiger partial charge on any atom is -0.368 e. The Morgan fingerprint density at radius 2 is 1.47 bits per heavy atom. The molecule has 0 aromatic carbocycles. The van der Waals surface area contributed by atoms with Gasteiger partial charge < -0.3 is 4.74 Å². The fraction of sp³-hybridized carbons (Fsp3) is 1.00. The molecule has 0 radical (unpaired) electrons. The van der Waals surface area contributed by atoms with Crippen LogP contribution >= 0.6 is 15.9 Å². The average Bonchev–Trinajstić information content (AvgIpc) is 2.52. The van der Waals surface area contributed by atoms with Crippen molar-refractivity contribution in [3.05, 3.63) is 0 Å². The Hall–Kier alpha value is 0.440. The zero-order valence-electron chi connectivity index (χ0n) is 10.2. The third-order valence-corrected chi connectivity index (χ3v) is 5.56. The maximum atomic E-state index is 6.37. The first-order chi connectivity index (χ1) is 6.89. The van der Waals surface area contributed by atoms with E-state index >= 15 is 0 Å². The number of ether oxygens (including phenoxy) is 1. The average molecular weight is 275 g/mol. The van der Waals surface area contributed by atoms with E-state index in [0.717, 1.165) is 5.33 Å². The van der Waals surface area contributed by atoms with Gasteiger partial charge in [-0.05, 0) is 50.9 Å². The molecule has 2 aliphatic rings. The van der Waals surface area contributed by atoms with Crippen molar-refractivity contribution in [3.63, 3.8) is 0 Å². The molecular weight excluding hydrogens is 252 g/mol. The van der Waals surface area contributed by atoms with Gasteiger partial charge in [0.2, 0.25) is 0 Å². The summed E-state index contributed by atoms with van der Waals surface area (Å²) in [6, 6.07) is 0. The van der Waals surface area contributed by atoms with Gasteiger partial charge >= 0.3 is 0 Å². The largest absolute Gasteiger partial charge is 0.368 e. The van der Waals surface area contributed by atoms with Crippen LogP contribution < -0.4 is 0 Å². The monoisotopic (exact) mass is 274 g/mol. The summed E-state index contributed by atoms with van der Waals surface area (Å²) in [5.74, 6) is 0. The Balaban J connectivity index is 2.01. The lowest BCUT2D eigenvalue weighted by molar-refractivity contribution is -0.113. The summed E-state index contributed by atoms with van der Waals surface area (Å²) in [7, 11) is 0. The topological polar surface area (TPSA) is 9.23 Å². The second-order valence-corrected chi connectivity index (χ2v) is 7.09. The van der Waals surface area contributed by atoms with Crippen LogP contribution in [0.1, 0.15) is 59.3 Å². The van der Waals surface area contributed by atoms with E-state index in [9.17, 15) is 0 Å². The van der Waals surface area contributed by atoms with Crippen LogP contribution in [0.4, 0.5) is 0 Å². The maximum absolute atomic E-state index is 6.37. The van der Waals surface area contributed by atoms with Crippen LogP contribution in [0, 0.1) is 5.41 Å². The van der Waals surface area contributed by atoms with E-state index in [2.05, 4.69) is 36.7 Å². The first-order valence-electron chi connectivity index (χ1n) is 6.15. The molecule has 0 N–H and O–H groups in total. The Bertz CT molecular complexity index is 239. The van der Waals surface area contributed by atoms with Crippen LogP contribution in [0.2, 0.25) is 0 Å². The Labute approximate surface area is 102 Å². The highest BCUT2D eigenvalue weighted by Gasteiger charge is 2.48. The molecule has 2 heteroatoms. The second kappa shape index (κ2) is 3.73. The van der Waals surface area contributed by atoms with Crippen molar-refractivity contribution in [1.82, 2.24) is 0 Å². The highest BCUT2D eigenvalue weighted by atomic mass is 79.9. The lowest BCUT2D eigenvalue weighted by atomic mass is 9.70. The van der Waals surface area contributed by atoms with E-state index in [1.807, 2.05) is 0 Å². The lowest BCUT2D eigenvalue weighted by Gasteiger charge is -2.42. The van der Waals surface area contributed by atoms with Gasteiger partial charge in [0.15, 0.2) is 0 Å². The van der Waals surface area contributed by atoms with E-state index in [0.29, 0.717) is 5.41 Å². The van der Waals surface area contributed by atoms with Crippen molar-refractivity contribution in [3.8, 4) is 0 Å². The molecule has 1 atom stereocenters. The zero-order chi connectivity index (χ0) is 11.2. The molecule has 0 bridgehead atoms. The molecule has 2 rings (SSSR count). The first kappa shape index (κ1) is 11.9. The highest BCUT2D eigenvalue weighted by Crippen LogP contribution is 2.50. The summed E-state index contributed by atoms with van der Waals surface area (Å²) in [4.78, 5) is 0. The van der Waals surface area contributed by atoms with Gasteiger partial charge in [0.25, 0.3) is 0 Å². The molecule has 1 spiro atoms. The molecule has 1 saturated carbocycles. The summed E-state index contributed by atoms with van der Waals surface area (Å²) < 4.78 is 6.37. The molecule has 1 heterocycles. The Morgan fingerprint density at radius 1 is 0.933 bits per heavy atom. The number of alkyl halides is 1. The Kier molecular flexibility index (Phi) is 2.96. The van der Waals surface area contributed by atoms with Gasteiger partial charge in [0, 0.05) is 5.33 Å². The van der Waals surface area contributed by atoms with Crippen molar-refractivity contribution < 1.29 is 4.74 Å². The van der Waals surface area contributed by atoms with Gasteiger partial charge in [0.1, 0.15) is 0 Å². The predicted octanol–water partition coefficient (Wildman–Crippen LogP) is 4.29. The van der Waals surface area contributed by atoms with Gasteiger partial charge in [-0.1, -0.05) is 29.8 Å². The quantitative estimate of drug-likeness (QED) is 0.649. The Morgan fingerprint density at radius 3 is 1.93 bits per heavy atom. The smallest absolute Gasteiger partial charge is 0.0759 e. The third-order valence-electron chi connectivity index (χ3n) is 4.37. The van der Waals surface area contributed by atoms with Gasteiger partial charge in [-0.15, -0.1) is 0 Å². The highest BCUT2D eigenvalue weighted by molar-refractivity contribution is 9.09. The molecule has 1 unspecified atom stereocenters. The number of rotatable bonds is 1. The molecule has 15 heavy (non-hydrogen) atoms. The molecule has 1 aliphatic heterocycles. The minimum atomic E-state index is 0.0987. The molecule has 1 aliphatic carbocycles. The van der Waals surface area contributed by atoms with Crippen LogP contribution in [-0.4, -0.2) is 16.5 Å². The van der Waals surface area contributed by atoms with Crippen molar-refractivity contribution >= 4 is 15.9 Å². The fourth-order valence-electron chi connectivity index (χ4n) is 2.95. The summed E-state index contributed by atoms with van der Waals surface area (Å²) in [6.45, 7) is 7.02. The summed E-state index contributed by atoms with van der Waals surface area (Å²) in [5.41, 5.74) is 0.877. The maximum Gasteiger partial charge on any atom is 0.0759 e. The second-order valence-electron chi connectivity index (χ2n) is 6.53. The van der Waals surface area contributed by atoms with Gasteiger partial charge in [0.05, 0.1) is 11.2 Å². The molecule has 2 fully saturated rings. The van der Waals surface area contributed by atoms with Crippen molar-refractivity contribution in [2.24, 2.45) is 5.41 Å². The van der Waals surface area contributed by atoms with Gasteiger partial charge in [-0.3, -0.25) is 0 Å². The molecule has 1 saturated heterocycles. The molecule has 0 aromatic rings. The molecule has 0 amide bonds. The summed E-state index contributed by atoms with van der Waals surface area (Å²) in [6.07, 6.45) is 7.67. The van der Waals surface area contributed by atoms with Crippen molar-refractivity contribution in [2.45, 2.75) is 70.5 Å². The van der Waals surface area contributed by atoms with E-state index in [1.165, 1.54) is 38.5 Å². The van der Waals surface area contributed by atoms with Crippen LogP contribution in [0.25, 0.3) is 0 Å². The first-order valence-corrected chi connectivity index (χ1v) is 7.27. The lowest BCUT2D eigenvalue weighted by Crippen LogP contribution is -2.39. The van der Waals surface area contributed by atoms with E-state index < -0.39 is 0 Å².